The molecule has 4 aliphatic rings. The van der Waals surface area contributed by atoms with Crippen LogP contribution in [0.4, 0.5) is 11.4 Å². The van der Waals surface area contributed by atoms with Crippen LogP contribution < -0.4 is 0 Å². The Labute approximate surface area is 230 Å². The summed E-state index contributed by atoms with van der Waals surface area (Å²) in [6.07, 6.45) is 5.88. The molecule has 2 atom stereocenters. The molecule has 2 amide bonds. The van der Waals surface area contributed by atoms with E-state index in [0.717, 1.165) is 40.7 Å². The number of benzene rings is 2. The summed E-state index contributed by atoms with van der Waals surface area (Å²) in [5.74, 6) is -0.00489. The van der Waals surface area contributed by atoms with E-state index in [1.807, 2.05) is 47.4 Å². The average Bonchev–Trinajstić information content (AvgIpc) is 3.32. The summed E-state index contributed by atoms with van der Waals surface area (Å²) in [4.78, 5) is 39.2. The number of nitrogens with zero attached hydrogens (tertiary/aromatic N) is 4. The van der Waals surface area contributed by atoms with Crippen molar-refractivity contribution in [2.24, 2.45) is 9.98 Å². The van der Waals surface area contributed by atoms with Crippen molar-refractivity contribution in [1.82, 2.24) is 9.80 Å². The molecule has 0 saturated carbocycles. The molecule has 0 N–H and O–H groups in total. The van der Waals surface area contributed by atoms with Gasteiger partial charge in [-0.15, -0.1) is 6.07 Å². The van der Waals surface area contributed by atoms with Gasteiger partial charge in [0.25, 0.3) is 5.91 Å². The van der Waals surface area contributed by atoms with Crippen LogP contribution in [0.25, 0.3) is 0 Å². The summed E-state index contributed by atoms with van der Waals surface area (Å²) in [5.41, 5.74) is 7.76. The second-order valence-electron chi connectivity index (χ2n) is 9.70. The van der Waals surface area contributed by atoms with Gasteiger partial charge in [-0.25, -0.2) is 0 Å². The molecule has 0 spiro atoms. The number of rotatable bonds is 2. The first-order valence-corrected chi connectivity index (χ1v) is 11.6. The van der Waals surface area contributed by atoms with Crippen molar-refractivity contribution in [3.05, 3.63) is 82.5 Å². The van der Waals surface area contributed by atoms with Crippen molar-refractivity contribution in [3.8, 4) is 0 Å². The number of aryl methyl sites for hydroxylation is 1. The number of fused-ring (bicyclic) bond motifs is 4. The van der Waals surface area contributed by atoms with E-state index >= 15 is 0 Å². The molecule has 7 heteroatoms. The Morgan fingerprint density at radius 2 is 1.49 bits per heavy atom. The molecule has 6 nitrogen and oxygen atoms in total. The van der Waals surface area contributed by atoms with Gasteiger partial charge in [0.05, 0.1) is 23.3 Å². The SMILES string of the molecule is C=C1C[C@H]2C=Nc3cc(Cc4cc5c(cc4C)C(=O)N4CC(=C)C[C@H]4C=N5)[c-]cc3C(=O)N2C1.[Y]. The minimum Gasteiger partial charge on any atom is -0.337 e. The van der Waals surface area contributed by atoms with Gasteiger partial charge in [-0.3, -0.25) is 19.6 Å². The van der Waals surface area contributed by atoms with E-state index in [-0.39, 0.29) is 56.6 Å². The smallest absolute Gasteiger partial charge is 0.256 e. The molecule has 1 radical (unpaired) electrons. The molecule has 0 aliphatic carbocycles. The number of hydrogen-bond donors (Lipinski definition) is 0. The second-order valence-corrected chi connectivity index (χ2v) is 9.70. The van der Waals surface area contributed by atoms with Gasteiger partial charge in [0.2, 0.25) is 5.91 Å². The van der Waals surface area contributed by atoms with Crippen molar-refractivity contribution < 1.29 is 42.3 Å². The predicted octanol–water partition coefficient (Wildman–Crippen LogP) is 4.36. The molecule has 0 aromatic heterocycles. The van der Waals surface area contributed by atoms with Crippen LogP contribution >= 0.6 is 0 Å². The van der Waals surface area contributed by atoms with Gasteiger partial charge in [-0.05, 0) is 60.7 Å². The summed E-state index contributed by atoms with van der Waals surface area (Å²) in [5, 5.41) is 0. The van der Waals surface area contributed by atoms with Crippen LogP contribution in [0.3, 0.4) is 0 Å². The fourth-order valence-corrected chi connectivity index (χ4v) is 5.33. The summed E-state index contributed by atoms with van der Waals surface area (Å²) >= 11 is 0. The first-order chi connectivity index (χ1) is 16.4. The van der Waals surface area contributed by atoms with Gasteiger partial charge in [-0.2, -0.15) is 17.7 Å². The normalized spacial score (nSPS) is 22.3. The van der Waals surface area contributed by atoms with Gasteiger partial charge >= 0.3 is 0 Å². The Hall–Kier alpha value is -2.70. The first kappa shape index (κ1) is 24.0. The minimum absolute atomic E-state index is 0. The van der Waals surface area contributed by atoms with E-state index in [1.165, 1.54) is 0 Å². The van der Waals surface area contributed by atoms with Crippen LogP contribution in [0.2, 0.25) is 0 Å². The quantitative estimate of drug-likeness (QED) is 0.422. The number of hydrogen-bond acceptors (Lipinski definition) is 4. The molecule has 0 bridgehead atoms. The first-order valence-electron chi connectivity index (χ1n) is 11.6. The fraction of sp³-hybridized carbons (Fsp3) is 0.286. The molecule has 4 heterocycles. The zero-order valence-electron chi connectivity index (χ0n) is 19.8. The van der Waals surface area contributed by atoms with Crippen LogP contribution in [-0.4, -0.2) is 59.2 Å². The number of carbonyl (C=O) groups is 2. The molecule has 2 aromatic carbocycles. The molecular weight excluding hydrogens is 513 g/mol. The van der Waals surface area contributed by atoms with E-state index in [4.69, 9.17) is 0 Å². The zero-order valence-corrected chi connectivity index (χ0v) is 22.6. The van der Waals surface area contributed by atoms with Gasteiger partial charge in [0.15, 0.2) is 0 Å². The molecule has 6 rings (SSSR count). The van der Waals surface area contributed by atoms with Gasteiger partial charge in [-0.1, -0.05) is 24.3 Å². The third-order valence-corrected chi connectivity index (χ3v) is 7.16. The number of carbonyl (C=O) groups excluding carboxylic acids is 2. The third kappa shape index (κ3) is 4.17. The van der Waals surface area contributed by atoms with Crippen LogP contribution in [0.15, 0.2) is 58.6 Å². The fourth-order valence-electron chi connectivity index (χ4n) is 5.33. The van der Waals surface area contributed by atoms with Crippen molar-refractivity contribution in [2.75, 3.05) is 13.1 Å². The van der Waals surface area contributed by atoms with Gasteiger partial charge in [0.1, 0.15) is 0 Å². The van der Waals surface area contributed by atoms with Crippen LogP contribution in [-0.2, 0) is 39.1 Å². The monoisotopic (exact) mass is 538 g/mol. The van der Waals surface area contributed by atoms with E-state index in [9.17, 15) is 9.59 Å². The molecule has 2 aromatic rings. The Balaban J connectivity index is 0.00000253. The summed E-state index contributed by atoms with van der Waals surface area (Å²) in [6.45, 7) is 11.3. The molecule has 4 aliphatic heterocycles. The topological polar surface area (TPSA) is 65.3 Å². The Bertz CT molecular complexity index is 1360. The van der Waals surface area contributed by atoms with Crippen LogP contribution in [0, 0.1) is 13.0 Å². The minimum atomic E-state index is -0.0227. The summed E-state index contributed by atoms with van der Waals surface area (Å²) in [6, 6.07) is 10.9. The second kappa shape index (κ2) is 9.07. The molecular formula is C28H25N4O2Y-. The van der Waals surface area contributed by atoms with Crippen LogP contribution in [0.5, 0.6) is 0 Å². The van der Waals surface area contributed by atoms with Crippen molar-refractivity contribution >= 4 is 35.6 Å². The van der Waals surface area contributed by atoms with E-state index < -0.39 is 0 Å². The van der Waals surface area contributed by atoms with E-state index in [1.54, 1.807) is 6.07 Å². The van der Waals surface area contributed by atoms with Crippen molar-refractivity contribution in [3.63, 3.8) is 0 Å². The molecule has 35 heavy (non-hydrogen) atoms. The molecule has 173 valence electrons. The predicted molar refractivity (Wildman–Crippen MR) is 133 cm³/mol. The molecule has 2 fully saturated rings. The number of amides is 2. The Kier molecular flexibility index (Phi) is 6.22. The maximum absolute atomic E-state index is 13.2. The number of aliphatic imine (C=N–C) groups is 2. The van der Waals surface area contributed by atoms with Crippen molar-refractivity contribution in [1.29, 1.82) is 0 Å². The van der Waals surface area contributed by atoms with Crippen molar-refractivity contribution in [2.45, 2.75) is 38.3 Å². The third-order valence-electron chi connectivity index (χ3n) is 7.16. The summed E-state index contributed by atoms with van der Waals surface area (Å²) in [7, 11) is 0. The molecule has 2 saturated heterocycles. The van der Waals surface area contributed by atoms with Crippen LogP contribution in [0.1, 0.15) is 50.2 Å². The maximum atomic E-state index is 13.2. The standard InChI is InChI=1S/C28H25N4O2.Y/c1-16-6-21-12-29-25-10-19(4-5-23(25)27(33)31(21)14-16)9-20-11-26-24(8-18(20)3)28(34)32-15-17(2)7-22(32)13-30-26;/h5,8,10-13,21-22H,1-2,6-7,9,14-15H2,3H3;/q-1;/t21-,22-;/m0./s1. The largest absolute Gasteiger partial charge is 0.337 e. The van der Waals surface area contributed by atoms with Gasteiger partial charge in [0, 0.05) is 58.2 Å². The Morgan fingerprint density at radius 3 is 2.11 bits per heavy atom. The summed E-state index contributed by atoms with van der Waals surface area (Å²) < 4.78 is 0. The molecule has 0 unspecified atom stereocenters. The Morgan fingerprint density at radius 1 is 0.914 bits per heavy atom. The van der Waals surface area contributed by atoms with E-state index in [2.05, 4.69) is 29.2 Å². The maximum Gasteiger partial charge on any atom is 0.256 e. The average molecular weight is 538 g/mol. The zero-order chi connectivity index (χ0) is 23.6. The van der Waals surface area contributed by atoms with Gasteiger partial charge < -0.3 is 9.80 Å². The van der Waals surface area contributed by atoms with E-state index in [0.29, 0.717) is 42.0 Å².